The molecule has 0 saturated carbocycles. The number of carbonyl (C=O) groups excluding carboxylic acids is 2. The first-order valence-corrected chi connectivity index (χ1v) is 9.51. The first-order chi connectivity index (χ1) is 13.9. The molecule has 0 radical (unpaired) electrons. The average molecular weight is 391 g/mol. The molecule has 2 aliphatic rings. The molecule has 3 aromatic rings. The number of para-hydroxylation sites is 1. The molecule has 1 aromatic carbocycles. The number of aromatic nitrogens is 4. The van der Waals surface area contributed by atoms with Gasteiger partial charge >= 0.3 is 0 Å². The summed E-state index contributed by atoms with van der Waals surface area (Å²) in [7, 11) is 1.86. The van der Waals surface area contributed by atoms with Crippen molar-refractivity contribution in [3.63, 3.8) is 0 Å². The largest absolute Gasteiger partial charge is 0.368 e. The highest BCUT2D eigenvalue weighted by Crippen LogP contribution is 2.48. The van der Waals surface area contributed by atoms with Gasteiger partial charge in [0.1, 0.15) is 18.7 Å². The molecule has 4 heterocycles. The topological polar surface area (TPSA) is 110 Å². The smallest absolute Gasteiger partial charge is 0.240 e. The predicted molar refractivity (Wildman–Crippen MR) is 108 cm³/mol. The summed E-state index contributed by atoms with van der Waals surface area (Å²) in [5, 5.41) is 5.37. The molecule has 2 aliphatic heterocycles. The standard InChI is InChI=1S/C20H21N7O2/c1-12-16-17(25(2)24-12)22-11-23-18(16)26-8-7-20(10-26)13-5-3-4-6-14(13)27(19(20)29)9-15(21)28/h3-6,11H,7-10H2,1-2H3,(H2,21,28)/t20-/m0/s1. The zero-order chi connectivity index (χ0) is 20.3. The molecule has 29 heavy (non-hydrogen) atoms. The number of anilines is 2. The van der Waals surface area contributed by atoms with E-state index < -0.39 is 11.3 Å². The Labute approximate surface area is 167 Å². The molecule has 1 atom stereocenters. The molecule has 0 bridgehead atoms. The summed E-state index contributed by atoms with van der Waals surface area (Å²) < 4.78 is 1.74. The zero-order valence-corrected chi connectivity index (χ0v) is 16.3. The summed E-state index contributed by atoms with van der Waals surface area (Å²) in [6.45, 7) is 2.98. The first-order valence-electron chi connectivity index (χ1n) is 9.51. The van der Waals surface area contributed by atoms with Gasteiger partial charge in [0.05, 0.1) is 16.5 Å². The lowest BCUT2D eigenvalue weighted by molar-refractivity contribution is -0.124. The second kappa shape index (κ2) is 6.00. The minimum atomic E-state index is -0.709. The van der Waals surface area contributed by atoms with Crippen LogP contribution in [0.2, 0.25) is 0 Å². The van der Waals surface area contributed by atoms with Crippen LogP contribution >= 0.6 is 0 Å². The molecule has 1 saturated heterocycles. The lowest BCUT2D eigenvalue weighted by atomic mass is 9.81. The number of nitrogens with two attached hydrogens (primary N) is 1. The quantitative estimate of drug-likeness (QED) is 0.702. The third kappa shape index (κ3) is 2.36. The van der Waals surface area contributed by atoms with Crippen molar-refractivity contribution >= 4 is 34.4 Å². The SMILES string of the molecule is Cc1nn(C)c2ncnc(N3CC[C@@]4(C3)C(=O)N(CC(N)=O)c3ccccc34)c12. The monoisotopic (exact) mass is 391 g/mol. The van der Waals surface area contributed by atoms with Crippen LogP contribution in [-0.2, 0) is 22.1 Å². The summed E-state index contributed by atoms with van der Waals surface area (Å²) in [5.74, 6) is 0.188. The summed E-state index contributed by atoms with van der Waals surface area (Å²) in [6.07, 6.45) is 2.18. The predicted octanol–water partition coefficient (Wildman–Crippen LogP) is 0.652. The number of hydrogen-bond donors (Lipinski definition) is 1. The van der Waals surface area contributed by atoms with E-state index in [0.717, 1.165) is 33.8 Å². The molecule has 148 valence electrons. The van der Waals surface area contributed by atoms with Gasteiger partial charge in [0.25, 0.3) is 0 Å². The molecule has 2 aromatic heterocycles. The number of aryl methyl sites for hydroxylation is 2. The van der Waals surface area contributed by atoms with Crippen molar-refractivity contribution < 1.29 is 9.59 Å². The van der Waals surface area contributed by atoms with Gasteiger partial charge in [0.2, 0.25) is 11.8 Å². The van der Waals surface area contributed by atoms with Crippen LogP contribution in [0.4, 0.5) is 11.5 Å². The number of hydrogen-bond acceptors (Lipinski definition) is 6. The Hall–Kier alpha value is -3.49. The van der Waals surface area contributed by atoms with Gasteiger partial charge in [-0.15, -0.1) is 0 Å². The van der Waals surface area contributed by atoms with Gasteiger partial charge in [0.15, 0.2) is 5.65 Å². The van der Waals surface area contributed by atoms with Crippen molar-refractivity contribution in [2.75, 3.05) is 29.4 Å². The molecule has 5 rings (SSSR count). The van der Waals surface area contributed by atoms with Crippen LogP contribution in [0.5, 0.6) is 0 Å². The molecular weight excluding hydrogens is 370 g/mol. The van der Waals surface area contributed by atoms with Crippen molar-refractivity contribution in [1.29, 1.82) is 0 Å². The maximum atomic E-state index is 13.5. The van der Waals surface area contributed by atoms with Crippen molar-refractivity contribution in [3.8, 4) is 0 Å². The van der Waals surface area contributed by atoms with E-state index in [0.29, 0.717) is 19.5 Å². The maximum Gasteiger partial charge on any atom is 0.240 e. The van der Waals surface area contributed by atoms with Gasteiger partial charge < -0.3 is 15.5 Å². The molecule has 9 heteroatoms. The van der Waals surface area contributed by atoms with Crippen LogP contribution in [-0.4, -0.2) is 51.2 Å². The number of amides is 2. The fourth-order valence-electron chi connectivity index (χ4n) is 4.79. The van der Waals surface area contributed by atoms with Crippen molar-refractivity contribution in [3.05, 3.63) is 41.9 Å². The average Bonchev–Trinajstić information content (AvgIpc) is 3.34. The highest BCUT2D eigenvalue weighted by atomic mass is 16.2. The number of benzene rings is 1. The van der Waals surface area contributed by atoms with E-state index in [4.69, 9.17) is 5.73 Å². The van der Waals surface area contributed by atoms with Gasteiger partial charge in [-0.2, -0.15) is 5.10 Å². The lowest BCUT2D eigenvalue weighted by Crippen LogP contribution is -2.45. The van der Waals surface area contributed by atoms with Crippen LogP contribution in [0.15, 0.2) is 30.6 Å². The number of nitrogens with zero attached hydrogens (tertiary/aromatic N) is 6. The Balaban J connectivity index is 1.59. The summed E-state index contributed by atoms with van der Waals surface area (Å²) >= 11 is 0. The van der Waals surface area contributed by atoms with Gasteiger partial charge in [0, 0.05) is 25.8 Å². The van der Waals surface area contributed by atoms with E-state index in [-0.39, 0.29) is 12.5 Å². The Morgan fingerprint density at radius 1 is 1.28 bits per heavy atom. The van der Waals surface area contributed by atoms with Crippen molar-refractivity contribution in [2.24, 2.45) is 12.8 Å². The number of carbonyl (C=O) groups is 2. The molecule has 9 nitrogen and oxygen atoms in total. The third-order valence-corrected chi connectivity index (χ3v) is 6.02. The first kappa shape index (κ1) is 17.6. The molecule has 2 amide bonds. The minimum absolute atomic E-state index is 0.0757. The number of fused-ring (bicyclic) bond motifs is 3. The van der Waals surface area contributed by atoms with E-state index >= 15 is 0 Å². The Bertz CT molecular complexity index is 1170. The summed E-state index contributed by atoms with van der Waals surface area (Å²) in [6, 6.07) is 7.65. The van der Waals surface area contributed by atoms with Crippen LogP contribution in [0.25, 0.3) is 11.0 Å². The Morgan fingerprint density at radius 3 is 2.86 bits per heavy atom. The number of rotatable bonds is 3. The van der Waals surface area contributed by atoms with Gasteiger partial charge in [-0.25, -0.2) is 9.97 Å². The molecule has 0 aliphatic carbocycles. The Kier molecular flexibility index (Phi) is 3.64. The molecule has 0 unspecified atom stereocenters. The second-order valence-corrected chi connectivity index (χ2v) is 7.73. The molecule has 1 spiro atoms. The van der Waals surface area contributed by atoms with Gasteiger partial charge in [-0.1, -0.05) is 18.2 Å². The normalized spacial score (nSPS) is 20.8. The number of primary amides is 1. The molecule has 2 N–H and O–H groups in total. The highest BCUT2D eigenvalue weighted by molar-refractivity contribution is 6.11. The molecule has 1 fully saturated rings. The van der Waals surface area contributed by atoms with E-state index in [1.807, 2.05) is 38.2 Å². The fraction of sp³-hybridized carbons (Fsp3) is 0.350. The maximum absolute atomic E-state index is 13.5. The summed E-state index contributed by atoms with van der Waals surface area (Å²) in [4.78, 5) is 37.6. The second-order valence-electron chi connectivity index (χ2n) is 7.73. The van der Waals surface area contributed by atoms with Crippen molar-refractivity contribution in [2.45, 2.75) is 18.8 Å². The zero-order valence-electron chi connectivity index (χ0n) is 16.3. The van der Waals surface area contributed by atoms with Crippen LogP contribution in [0, 0.1) is 6.92 Å². The third-order valence-electron chi connectivity index (χ3n) is 6.02. The highest BCUT2D eigenvalue weighted by Gasteiger charge is 2.54. The lowest BCUT2D eigenvalue weighted by Gasteiger charge is -2.25. The van der Waals surface area contributed by atoms with Gasteiger partial charge in [-0.3, -0.25) is 14.3 Å². The molecular formula is C20H21N7O2. The van der Waals surface area contributed by atoms with Crippen LogP contribution in [0.3, 0.4) is 0 Å². The van der Waals surface area contributed by atoms with Crippen molar-refractivity contribution in [1.82, 2.24) is 19.7 Å². The van der Waals surface area contributed by atoms with E-state index in [9.17, 15) is 9.59 Å². The van der Waals surface area contributed by atoms with Crippen LogP contribution in [0.1, 0.15) is 17.7 Å². The van der Waals surface area contributed by atoms with E-state index in [1.54, 1.807) is 4.68 Å². The fourth-order valence-corrected chi connectivity index (χ4v) is 4.79. The minimum Gasteiger partial charge on any atom is -0.368 e. The van der Waals surface area contributed by atoms with Gasteiger partial charge in [-0.05, 0) is 25.0 Å². The Morgan fingerprint density at radius 2 is 2.07 bits per heavy atom. The van der Waals surface area contributed by atoms with E-state index in [2.05, 4.69) is 20.0 Å². The summed E-state index contributed by atoms with van der Waals surface area (Å²) in [5.41, 5.74) is 8.03. The van der Waals surface area contributed by atoms with E-state index in [1.165, 1.54) is 11.2 Å². The van der Waals surface area contributed by atoms with Crippen LogP contribution < -0.4 is 15.5 Å².